The monoisotopic (exact) mass is 229 g/mol. The first kappa shape index (κ1) is 14.7. The van der Waals surface area contributed by atoms with E-state index in [1.807, 2.05) is 27.7 Å². The van der Waals surface area contributed by atoms with Gasteiger partial charge in [-0.25, -0.2) is 10.8 Å². The lowest BCUT2D eigenvalue weighted by molar-refractivity contribution is -0.119. The lowest BCUT2D eigenvalue weighted by Gasteiger charge is -2.12. The summed E-state index contributed by atoms with van der Waals surface area (Å²) in [5, 5.41) is 5.76. The number of nitrogens with two attached hydrogens (primary N) is 1. The number of rotatable bonds is 5. The molecule has 0 rings (SSSR count). The highest BCUT2D eigenvalue weighted by Gasteiger charge is 2.03. The van der Waals surface area contributed by atoms with Crippen molar-refractivity contribution in [2.75, 3.05) is 13.1 Å². The molecule has 0 aromatic carbocycles. The predicted octanol–water partition coefficient (Wildman–Crippen LogP) is -0.424. The number of hydrazine groups is 1. The van der Waals surface area contributed by atoms with Crippen LogP contribution in [0.3, 0.4) is 0 Å². The lowest BCUT2D eigenvalue weighted by Crippen LogP contribution is -2.45. The summed E-state index contributed by atoms with van der Waals surface area (Å²) in [6, 6.07) is 0.216. The van der Waals surface area contributed by atoms with E-state index in [1.165, 1.54) is 0 Å². The molecule has 0 aliphatic carbocycles. The molecule has 0 radical (unpaired) electrons. The number of carbonyl (C=O) groups excluding carboxylic acids is 1. The van der Waals surface area contributed by atoms with Gasteiger partial charge in [0.2, 0.25) is 11.9 Å². The average Bonchev–Trinajstić information content (AvgIpc) is 2.20. The second kappa shape index (κ2) is 7.92. The number of amides is 1. The van der Waals surface area contributed by atoms with Gasteiger partial charge in [-0.1, -0.05) is 13.8 Å². The molecular formula is C10H23N5O. The number of nitrogens with zero attached hydrogens (tertiary/aromatic N) is 1. The Morgan fingerprint density at radius 1 is 1.31 bits per heavy atom. The molecule has 0 aromatic heterocycles. The Kier molecular flexibility index (Phi) is 7.28. The van der Waals surface area contributed by atoms with Gasteiger partial charge >= 0.3 is 0 Å². The van der Waals surface area contributed by atoms with E-state index in [4.69, 9.17) is 5.84 Å². The molecule has 0 saturated carbocycles. The molecule has 0 fully saturated rings. The van der Waals surface area contributed by atoms with Gasteiger partial charge in [-0.05, 0) is 19.8 Å². The van der Waals surface area contributed by atoms with Crippen molar-refractivity contribution in [3.05, 3.63) is 0 Å². The third-order valence-electron chi connectivity index (χ3n) is 1.65. The molecule has 0 saturated heterocycles. The van der Waals surface area contributed by atoms with E-state index in [1.54, 1.807) is 0 Å². The number of hydrogen-bond donors (Lipinski definition) is 4. The second-order valence-electron chi connectivity index (χ2n) is 4.31. The van der Waals surface area contributed by atoms with E-state index >= 15 is 0 Å². The zero-order valence-electron chi connectivity index (χ0n) is 10.5. The van der Waals surface area contributed by atoms with Gasteiger partial charge in [-0.3, -0.25) is 10.2 Å². The van der Waals surface area contributed by atoms with E-state index in [2.05, 4.69) is 21.1 Å². The summed E-state index contributed by atoms with van der Waals surface area (Å²) in [5.74, 6) is 6.01. The highest BCUT2D eigenvalue weighted by atomic mass is 16.1. The smallest absolute Gasteiger partial charge is 0.241 e. The third-order valence-corrected chi connectivity index (χ3v) is 1.65. The number of aliphatic imine (C=N–C) groups is 1. The van der Waals surface area contributed by atoms with E-state index in [9.17, 15) is 4.79 Å². The first-order valence-electron chi connectivity index (χ1n) is 5.50. The molecule has 0 aromatic rings. The van der Waals surface area contributed by atoms with Gasteiger partial charge in [0, 0.05) is 12.6 Å². The summed E-state index contributed by atoms with van der Waals surface area (Å²) in [6.07, 6.45) is 0. The van der Waals surface area contributed by atoms with Crippen LogP contribution in [-0.4, -0.2) is 31.0 Å². The molecule has 94 valence electrons. The minimum Gasteiger partial charge on any atom is -0.354 e. The molecule has 1 amide bonds. The van der Waals surface area contributed by atoms with Crippen molar-refractivity contribution >= 4 is 11.9 Å². The van der Waals surface area contributed by atoms with Crippen LogP contribution in [0.4, 0.5) is 0 Å². The number of guanidine groups is 1. The highest BCUT2D eigenvalue weighted by Crippen LogP contribution is 1.87. The molecule has 6 heteroatoms. The zero-order chi connectivity index (χ0) is 12.6. The summed E-state index contributed by atoms with van der Waals surface area (Å²) in [4.78, 5) is 15.4. The number of hydrogen-bond acceptors (Lipinski definition) is 3. The summed E-state index contributed by atoms with van der Waals surface area (Å²) < 4.78 is 0. The van der Waals surface area contributed by atoms with Gasteiger partial charge < -0.3 is 10.6 Å². The molecule has 0 aliphatic rings. The molecule has 5 N–H and O–H groups in total. The first-order valence-corrected chi connectivity index (χ1v) is 5.50. The maximum Gasteiger partial charge on any atom is 0.241 e. The summed E-state index contributed by atoms with van der Waals surface area (Å²) in [6.45, 7) is 8.74. The van der Waals surface area contributed by atoms with Crippen LogP contribution >= 0.6 is 0 Å². The van der Waals surface area contributed by atoms with Crippen molar-refractivity contribution in [1.29, 1.82) is 0 Å². The Morgan fingerprint density at radius 2 is 1.94 bits per heavy atom. The largest absolute Gasteiger partial charge is 0.354 e. The van der Waals surface area contributed by atoms with Gasteiger partial charge in [0.25, 0.3) is 0 Å². The van der Waals surface area contributed by atoms with Crippen molar-refractivity contribution in [3.63, 3.8) is 0 Å². The fraction of sp³-hybridized carbons (Fsp3) is 0.800. The molecule has 6 nitrogen and oxygen atoms in total. The normalized spacial score (nSPS) is 11.8. The summed E-state index contributed by atoms with van der Waals surface area (Å²) in [5.41, 5.74) is 2.41. The quantitative estimate of drug-likeness (QED) is 0.223. The van der Waals surface area contributed by atoms with Gasteiger partial charge in [-0.15, -0.1) is 0 Å². The van der Waals surface area contributed by atoms with E-state index < -0.39 is 0 Å². The van der Waals surface area contributed by atoms with Crippen LogP contribution in [0.1, 0.15) is 27.7 Å². The Labute approximate surface area is 97.0 Å². The van der Waals surface area contributed by atoms with Crippen molar-refractivity contribution < 1.29 is 4.79 Å². The molecule has 0 unspecified atom stereocenters. The van der Waals surface area contributed by atoms with Crippen molar-refractivity contribution in [1.82, 2.24) is 16.1 Å². The average molecular weight is 229 g/mol. The molecule has 0 bridgehead atoms. The van der Waals surface area contributed by atoms with E-state index in [-0.39, 0.29) is 18.5 Å². The topological polar surface area (TPSA) is 91.5 Å². The maximum atomic E-state index is 11.3. The highest BCUT2D eigenvalue weighted by molar-refractivity contribution is 5.84. The van der Waals surface area contributed by atoms with Crippen LogP contribution in [0, 0.1) is 5.92 Å². The molecular weight excluding hydrogens is 206 g/mol. The first-order chi connectivity index (χ1) is 7.45. The third kappa shape index (κ3) is 8.05. The molecule has 0 atom stereocenters. The Bertz CT molecular complexity index is 237. The van der Waals surface area contributed by atoms with Crippen molar-refractivity contribution in [2.24, 2.45) is 16.8 Å². The van der Waals surface area contributed by atoms with Crippen molar-refractivity contribution in [3.8, 4) is 0 Å². The van der Waals surface area contributed by atoms with E-state index in [0.29, 0.717) is 18.4 Å². The zero-order valence-corrected chi connectivity index (χ0v) is 10.5. The van der Waals surface area contributed by atoms with Crippen LogP contribution in [0.15, 0.2) is 4.99 Å². The SMILES string of the molecule is CC(C)CNC(=O)CN=C(NN)NC(C)C. The summed E-state index contributed by atoms with van der Waals surface area (Å²) in [7, 11) is 0. The van der Waals surface area contributed by atoms with Crippen molar-refractivity contribution in [2.45, 2.75) is 33.7 Å². The molecule has 0 heterocycles. The van der Waals surface area contributed by atoms with Gasteiger partial charge in [-0.2, -0.15) is 0 Å². The van der Waals surface area contributed by atoms with Crippen LogP contribution in [0.2, 0.25) is 0 Å². The maximum absolute atomic E-state index is 11.3. The second-order valence-corrected chi connectivity index (χ2v) is 4.31. The predicted molar refractivity (Wildman–Crippen MR) is 65.7 cm³/mol. The fourth-order valence-corrected chi connectivity index (χ4v) is 0.931. The van der Waals surface area contributed by atoms with Crippen LogP contribution in [0.25, 0.3) is 0 Å². The lowest BCUT2D eigenvalue weighted by atomic mass is 10.2. The minimum absolute atomic E-state index is 0.0754. The fourth-order valence-electron chi connectivity index (χ4n) is 0.931. The Hall–Kier alpha value is -1.30. The van der Waals surface area contributed by atoms with Gasteiger partial charge in [0.1, 0.15) is 6.54 Å². The molecule has 16 heavy (non-hydrogen) atoms. The van der Waals surface area contributed by atoms with Gasteiger partial charge in [0.15, 0.2) is 0 Å². The van der Waals surface area contributed by atoms with Crippen LogP contribution in [0.5, 0.6) is 0 Å². The van der Waals surface area contributed by atoms with Gasteiger partial charge in [0.05, 0.1) is 0 Å². The Balaban J connectivity index is 3.97. The Morgan fingerprint density at radius 3 is 2.38 bits per heavy atom. The van der Waals surface area contributed by atoms with Crippen LogP contribution < -0.4 is 21.9 Å². The number of nitrogens with one attached hydrogen (secondary N) is 3. The molecule has 0 aliphatic heterocycles. The number of carbonyl (C=O) groups is 1. The standard InChI is InChI=1S/C10H23N5O/c1-7(2)5-12-9(16)6-13-10(15-11)14-8(3)4/h7-8H,5-6,11H2,1-4H3,(H,12,16)(H2,13,14,15). The summed E-state index contributed by atoms with van der Waals surface area (Å²) >= 11 is 0. The minimum atomic E-state index is -0.105. The van der Waals surface area contributed by atoms with Crippen LogP contribution in [-0.2, 0) is 4.79 Å². The molecule has 0 spiro atoms. The van der Waals surface area contributed by atoms with E-state index in [0.717, 1.165) is 0 Å².